The fraction of sp³-hybridized carbons (Fsp3) is 0.824. The molecule has 0 amide bonds. The van der Waals surface area contributed by atoms with Gasteiger partial charge in [0.1, 0.15) is 0 Å². The minimum absolute atomic E-state index is 0.0555. The van der Waals surface area contributed by atoms with E-state index in [1.54, 1.807) is 0 Å². The first-order valence-corrected chi connectivity index (χ1v) is 8.35. The van der Waals surface area contributed by atoms with Gasteiger partial charge in [-0.15, -0.1) is 0 Å². The van der Waals surface area contributed by atoms with Gasteiger partial charge in [-0.25, -0.2) is 0 Å². The average Bonchev–Trinajstić information content (AvgIpc) is 2.74. The molecule has 1 atom stereocenters. The van der Waals surface area contributed by atoms with Crippen molar-refractivity contribution in [1.29, 1.82) is 0 Å². The molecule has 4 heteroatoms. The fourth-order valence-corrected chi connectivity index (χ4v) is 3.29. The van der Waals surface area contributed by atoms with Gasteiger partial charge in [0.15, 0.2) is 0 Å². The lowest BCUT2D eigenvalue weighted by Crippen LogP contribution is -2.39. The molecule has 0 saturated heterocycles. The predicted molar refractivity (Wildman–Crippen MR) is 88.3 cm³/mol. The number of aromatic nitrogens is 2. The SMILES string of the molecule is CCN(CC1CCC1)C(CN)c1cn(C)nc1C(C)(C)C. The van der Waals surface area contributed by atoms with Crippen LogP contribution in [-0.2, 0) is 12.5 Å². The van der Waals surface area contributed by atoms with Gasteiger partial charge in [0.05, 0.1) is 11.7 Å². The highest BCUT2D eigenvalue weighted by atomic mass is 15.3. The summed E-state index contributed by atoms with van der Waals surface area (Å²) in [6.07, 6.45) is 6.33. The molecule has 120 valence electrons. The van der Waals surface area contributed by atoms with Crippen molar-refractivity contribution >= 4 is 0 Å². The maximum atomic E-state index is 6.16. The molecule has 1 unspecified atom stereocenters. The van der Waals surface area contributed by atoms with Crippen LogP contribution >= 0.6 is 0 Å². The Hall–Kier alpha value is -0.870. The van der Waals surface area contributed by atoms with Crippen LogP contribution < -0.4 is 5.73 Å². The summed E-state index contributed by atoms with van der Waals surface area (Å²) in [4.78, 5) is 2.55. The third-order valence-electron chi connectivity index (χ3n) is 4.71. The monoisotopic (exact) mass is 292 g/mol. The molecule has 1 saturated carbocycles. The van der Waals surface area contributed by atoms with Gasteiger partial charge in [-0.05, 0) is 25.3 Å². The van der Waals surface area contributed by atoms with E-state index in [-0.39, 0.29) is 5.41 Å². The lowest BCUT2D eigenvalue weighted by Gasteiger charge is -2.37. The van der Waals surface area contributed by atoms with Crippen molar-refractivity contribution in [1.82, 2.24) is 14.7 Å². The van der Waals surface area contributed by atoms with Crippen molar-refractivity contribution in [3.05, 3.63) is 17.5 Å². The Kier molecular flexibility index (Phi) is 5.10. The van der Waals surface area contributed by atoms with Gasteiger partial charge in [0.2, 0.25) is 0 Å². The molecule has 2 N–H and O–H groups in total. The number of nitrogens with two attached hydrogens (primary N) is 1. The molecule has 1 fully saturated rings. The molecule has 1 aliphatic rings. The smallest absolute Gasteiger partial charge is 0.0726 e. The van der Waals surface area contributed by atoms with E-state index in [0.717, 1.165) is 12.5 Å². The summed E-state index contributed by atoms with van der Waals surface area (Å²) >= 11 is 0. The number of nitrogens with zero attached hydrogens (tertiary/aromatic N) is 3. The third kappa shape index (κ3) is 3.67. The molecule has 1 aliphatic carbocycles. The van der Waals surface area contributed by atoms with Crippen LogP contribution in [0.25, 0.3) is 0 Å². The van der Waals surface area contributed by atoms with E-state index in [0.29, 0.717) is 12.6 Å². The standard InChI is InChI=1S/C17H32N4/c1-6-21(11-13-8-7-9-13)15(10-18)14-12-20(5)19-16(14)17(2,3)4/h12-13,15H,6-11,18H2,1-5H3. The molecule has 0 spiro atoms. The molecule has 2 rings (SSSR count). The second-order valence-corrected chi connectivity index (χ2v) is 7.49. The van der Waals surface area contributed by atoms with Gasteiger partial charge in [-0.1, -0.05) is 34.1 Å². The van der Waals surface area contributed by atoms with E-state index in [9.17, 15) is 0 Å². The highest BCUT2D eigenvalue weighted by Gasteiger charge is 2.30. The summed E-state index contributed by atoms with van der Waals surface area (Å²) in [7, 11) is 2.01. The Bertz CT molecular complexity index is 454. The zero-order chi connectivity index (χ0) is 15.6. The first kappa shape index (κ1) is 16.5. The molecule has 1 aromatic rings. The third-order valence-corrected chi connectivity index (χ3v) is 4.71. The Morgan fingerprint density at radius 3 is 2.52 bits per heavy atom. The summed E-state index contributed by atoms with van der Waals surface area (Å²) in [5, 5.41) is 4.72. The maximum Gasteiger partial charge on any atom is 0.0726 e. The quantitative estimate of drug-likeness (QED) is 0.877. The van der Waals surface area contributed by atoms with Crippen LogP contribution in [0.2, 0.25) is 0 Å². The first-order valence-electron chi connectivity index (χ1n) is 8.35. The van der Waals surface area contributed by atoms with Crippen molar-refractivity contribution in [3.8, 4) is 0 Å². The maximum absolute atomic E-state index is 6.16. The molecule has 0 aromatic carbocycles. The molecule has 4 nitrogen and oxygen atoms in total. The number of aryl methyl sites for hydroxylation is 1. The van der Waals surface area contributed by atoms with Crippen LogP contribution in [0, 0.1) is 5.92 Å². The number of hydrogen-bond acceptors (Lipinski definition) is 3. The van der Waals surface area contributed by atoms with Crippen LogP contribution in [0.1, 0.15) is 64.3 Å². The van der Waals surface area contributed by atoms with Crippen molar-refractivity contribution in [2.24, 2.45) is 18.7 Å². The summed E-state index contributed by atoms with van der Waals surface area (Å²) in [6, 6.07) is 0.290. The van der Waals surface area contributed by atoms with Gasteiger partial charge in [-0.3, -0.25) is 9.58 Å². The molecule has 1 aromatic heterocycles. The highest BCUT2D eigenvalue weighted by molar-refractivity contribution is 5.28. The van der Waals surface area contributed by atoms with Crippen molar-refractivity contribution < 1.29 is 0 Å². The molecular weight excluding hydrogens is 260 g/mol. The van der Waals surface area contributed by atoms with Crippen LogP contribution in [0.15, 0.2) is 6.20 Å². The topological polar surface area (TPSA) is 47.1 Å². The molecule has 1 heterocycles. The van der Waals surface area contributed by atoms with Crippen LogP contribution in [-0.4, -0.2) is 34.3 Å². The number of likely N-dealkylation sites (N-methyl/N-ethyl adjacent to an activating group) is 1. The van der Waals surface area contributed by atoms with Gasteiger partial charge in [0, 0.05) is 37.3 Å². The predicted octanol–water partition coefficient (Wildman–Crippen LogP) is 2.84. The summed E-state index contributed by atoms with van der Waals surface area (Å²) in [5.41, 5.74) is 8.72. The number of rotatable bonds is 6. The van der Waals surface area contributed by atoms with Crippen molar-refractivity contribution in [2.45, 2.75) is 58.4 Å². The highest BCUT2D eigenvalue weighted by Crippen LogP contribution is 2.33. The van der Waals surface area contributed by atoms with E-state index >= 15 is 0 Å². The number of hydrogen-bond donors (Lipinski definition) is 1. The Morgan fingerprint density at radius 2 is 2.10 bits per heavy atom. The minimum atomic E-state index is 0.0555. The zero-order valence-electron chi connectivity index (χ0n) is 14.4. The van der Waals surface area contributed by atoms with Gasteiger partial charge < -0.3 is 5.73 Å². The van der Waals surface area contributed by atoms with Gasteiger partial charge in [0.25, 0.3) is 0 Å². The first-order chi connectivity index (χ1) is 9.86. The largest absolute Gasteiger partial charge is 0.329 e. The van der Waals surface area contributed by atoms with Crippen LogP contribution in [0.5, 0.6) is 0 Å². The van der Waals surface area contributed by atoms with Gasteiger partial charge >= 0.3 is 0 Å². The van der Waals surface area contributed by atoms with E-state index in [2.05, 4.69) is 38.8 Å². The van der Waals surface area contributed by atoms with Gasteiger partial charge in [-0.2, -0.15) is 5.10 Å². The molecule has 21 heavy (non-hydrogen) atoms. The second kappa shape index (κ2) is 6.49. The normalized spacial score (nSPS) is 18.0. The average molecular weight is 292 g/mol. The van der Waals surface area contributed by atoms with Crippen molar-refractivity contribution in [2.75, 3.05) is 19.6 Å². The Balaban J connectivity index is 2.26. The van der Waals surface area contributed by atoms with Crippen LogP contribution in [0.3, 0.4) is 0 Å². The Morgan fingerprint density at radius 1 is 1.43 bits per heavy atom. The van der Waals surface area contributed by atoms with Crippen LogP contribution in [0.4, 0.5) is 0 Å². The lowest BCUT2D eigenvalue weighted by molar-refractivity contribution is 0.140. The Labute approximate surface area is 129 Å². The minimum Gasteiger partial charge on any atom is -0.329 e. The van der Waals surface area contributed by atoms with E-state index in [4.69, 9.17) is 10.8 Å². The lowest BCUT2D eigenvalue weighted by atomic mass is 9.83. The molecule has 0 bridgehead atoms. The van der Waals surface area contributed by atoms with E-state index < -0.39 is 0 Å². The van der Waals surface area contributed by atoms with E-state index in [1.165, 1.54) is 37.1 Å². The molecular formula is C17H32N4. The summed E-state index contributed by atoms with van der Waals surface area (Å²) < 4.78 is 1.94. The molecule has 0 radical (unpaired) electrons. The summed E-state index contributed by atoms with van der Waals surface area (Å²) in [5.74, 6) is 0.869. The summed E-state index contributed by atoms with van der Waals surface area (Å²) in [6.45, 7) is 11.8. The second-order valence-electron chi connectivity index (χ2n) is 7.49. The zero-order valence-corrected chi connectivity index (χ0v) is 14.4. The van der Waals surface area contributed by atoms with E-state index in [1.807, 2.05) is 11.7 Å². The fourth-order valence-electron chi connectivity index (χ4n) is 3.29. The molecule has 0 aliphatic heterocycles. The van der Waals surface area contributed by atoms with Crippen molar-refractivity contribution in [3.63, 3.8) is 0 Å².